The molecule has 0 aromatic carbocycles. The average molecular weight is 206 g/mol. The van der Waals surface area contributed by atoms with E-state index in [0.29, 0.717) is 0 Å². The summed E-state index contributed by atoms with van der Waals surface area (Å²) in [5.41, 5.74) is 0. The van der Waals surface area contributed by atoms with Gasteiger partial charge in [0.05, 0.1) is 0 Å². The van der Waals surface area contributed by atoms with Gasteiger partial charge in [-0.1, -0.05) is 0 Å². The molecule has 0 heterocycles. The molecule has 0 fully saturated rings. The zero-order valence-electron chi connectivity index (χ0n) is 4.96. The first-order valence-corrected chi connectivity index (χ1v) is 1.99. The topological polar surface area (TPSA) is 9.23 Å². The van der Waals surface area contributed by atoms with Crippen molar-refractivity contribution in [3.8, 4) is 0 Å². The molecule has 0 N–H and O–H groups in total. The Morgan fingerprint density at radius 3 is 1.25 bits per heavy atom. The van der Waals surface area contributed by atoms with Crippen LogP contribution in [0.15, 0.2) is 0 Å². The third-order valence-corrected chi connectivity index (χ3v) is 0.408. The van der Waals surface area contributed by atoms with Crippen molar-refractivity contribution in [3.63, 3.8) is 0 Å². The molecule has 0 aliphatic heterocycles. The van der Waals surface area contributed by atoms with E-state index in [0.717, 1.165) is 13.2 Å². The molecule has 0 saturated carbocycles. The fourth-order valence-electron chi connectivity index (χ4n) is 0.204. The van der Waals surface area contributed by atoms with Gasteiger partial charge in [-0.2, -0.15) is 0 Å². The molecule has 0 aliphatic carbocycles. The fourth-order valence-corrected chi connectivity index (χ4v) is 0.204. The third kappa shape index (κ3) is 27.8. The summed E-state index contributed by atoms with van der Waals surface area (Å²) in [6, 6.07) is 0. The Morgan fingerprint density at radius 1 is 1.00 bits per heavy atom. The molecule has 0 bridgehead atoms. The van der Waals surface area contributed by atoms with Crippen LogP contribution >= 0.6 is 24.8 Å². The predicted molar refractivity (Wildman–Crippen MR) is 36.7 cm³/mol. The van der Waals surface area contributed by atoms with Gasteiger partial charge in [-0.05, 0) is 13.8 Å². The molecule has 1 nitrogen and oxygen atoms in total. The van der Waals surface area contributed by atoms with E-state index < -0.39 is 0 Å². The Hall–Kier alpha value is 1.03. The Bertz CT molecular complexity index is 21.5. The molecular weight excluding hydrogens is 194 g/mol. The molecule has 0 aromatic rings. The van der Waals surface area contributed by atoms with Crippen LogP contribution in [0.2, 0.25) is 0 Å². The monoisotopic (exact) mass is 204 g/mol. The Balaban J connectivity index is -0.0000000267. The largest absolute Gasteiger partial charge is 0.382 e. The van der Waals surface area contributed by atoms with Crippen molar-refractivity contribution in [3.05, 3.63) is 0 Å². The second-order valence-electron chi connectivity index (χ2n) is 0.781. The molecule has 0 unspecified atom stereocenters. The van der Waals surface area contributed by atoms with Gasteiger partial charge in [0.15, 0.2) is 0 Å². The van der Waals surface area contributed by atoms with Gasteiger partial charge in [-0.25, -0.2) is 0 Å². The fraction of sp³-hybridized carbons (Fsp3) is 1.00. The molecule has 0 aromatic heterocycles. The maximum Gasteiger partial charge on any atom is 0.0437 e. The molecule has 0 atom stereocenters. The minimum atomic E-state index is 0. The molecule has 0 amide bonds. The smallest absolute Gasteiger partial charge is 0.0437 e. The molecule has 0 aliphatic rings. The van der Waals surface area contributed by atoms with Gasteiger partial charge in [0, 0.05) is 29.7 Å². The van der Waals surface area contributed by atoms with Crippen LogP contribution in [-0.4, -0.2) is 13.2 Å². The van der Waals surface area contributed by atoms with Crippen molar-refractivity contribution in [2.24, 2.45) is 0 Å². The molecular formula is C4H12Cl2NiO. The van der Waals surface area contributed by atoms with Crippen molar-refractivity contribution in [2.45, 2.75) is 13.8 Å². The average Bonchev–Trinajstić information content (AvgIpc) is 1.41. The van der Waals surface area contributed by atoms with Crippen molar-refractivity contribution >= 4 is 24.8 Å². The van der Waals surface area contributed by atoms with Crippen LogP contribution < -0.4 is 0 Å². The molecule has 0 saturated heterocycles. The van der Waals surface area contributed by atoms with E-state index in [2.05, 4.69) is 0 Å². The van der Waals surface area contributed by atoms with E-state index in [-0.39, 0.29) is 41.3 Å². The summed E-state index contributed by atoms with van der Waals surface area (Å²) < 4.78 is 4.83. The van der Waals surface area contributed by atoms with Gasteiger partial charge in [-0.15, -0.1) is 24.8 Å². The van der Waals surface area contributed by atoms with E-state index >= 15 is 0 Å². The van der Waals surface area contributed by atoms with E-state index in [1.54, 1.807) is 0 Å². The van der Waals surface area contributed by atoms with E-state index in [4.69, 9.17) is 4.74 Å². The molecule has 0 spiro atoms. The minimum absolute atomic E-state index is 0. The second kappa shape index (κ2) is 24.4. The quantitative estimate of drug-likeness (QED) is 0.626. The zero-order chi connectivity index (χ0) is 4.12. The first kappa shape index (κ1) is 23.0. The zero-order valence-corrected chi connectivity index (χ0v) is 7.58. The summed E-state index contributed by atoms with van der Waals surface area (Å²) in [7, 11) is 0. The number of rotatable bonds is 2. The van der Waals surface area contributed by atoms with Crippen molar-refractivity contribution in [1.82, 2.24) is 0 Å². The molecule has 0 rings (SSSR count). The Labute approximate surface area is 73.3 Å². The first-order valence-electron chi connectivity index (χ1n) is 1.99. The van der Waals surface area contributed by atoms with Crippen LogP contribution in [0.3, 0.4) is 0 Å². The maximum absolute atomic E-state index is 4.83. The summed E-state index contributed by atoms with van der Waals surface area (Å²) >= 11 is 0. The number of ether oxygens (including phenoxy) is 1. The summed E-state index contributed by atoms with van der Waals surface area (Å²) in [6.45, 7) is 5.67. The van der Waals surface area contributed by atoms with E-state index in [1.807, 2.05) is 13.8 Å². The molecule has 0 radical (unpaired) electrons. The number of hydrogen-bond acceptors (Lipinski definition) is 1. The SMILES string of the molecule is CCOCC.Cl.Cl.[Ni]. The Kier molecular flexibility index (Phi) is 70.3. The molecule has 8 heavy (non-hydrogen) atoms. The van der Waals surface area contributed by atoms with Gasteiger partial charge in [0.1, 0.15) is 0 Å². The Morgan fingerprint density at radius 2 is 1.25 bits per heavy atom. The summed E-state index contributed by atoms with van der Waals surface area (Å²) in [4.78, 5) is 0. The summed E-state index contributed by atoms with van der Waals surface area (Å²) in [5, 5.41) is 0. The predicted octanol–water partition coefficient (Wildman–Crippen LogP) is 1.88. The third-order valence-electron chi connectivity index (χ3n) is 0.408. The first-order chi connectivity index (χ1) is 2.41. The summed E-state index contributed by atoms with van der Waals surface area (Å²) in [6.07, 6.45) is 0. The van der Waals surface area contributed by atoms with Crippen molar-refractivity contribution in [1.29, 1.82) is 0 Å². The van der Waals surface area contributed by atoms with Gasteiger partial charge in [0.25, 0.3) is 0 Å². The molecule has 4 heteroatoms. The second-order valence-corrected chi connectivity index (χ2v) is 0.781. The normalized spacial score (nSPS) is 5.25. The van der Waals surface area contributed by atoms with Crippen molar-refractivity contribution in [2.75, 3.05) is 13.2 Å². The molecule has 58 valence electrons. The van der Waals surface area contributed by atoms with Crippen LogP contribution in [0.1, 0.15) is 13.8 Å². The minimum Gasteiger partial charge on any atom is -0.382 e. The maximum atomic E-state index is 4.83. The van der Waals surface area contributed by atoms with Crippen LogP contribution in [0.25, 0.3) is 0 Å². The van der Waals surface area contributed by atoms with Crippen LogP contribution in [0.4, 0.5) is 0 Å². The van der Waals surface area contributed by atoms with Crippen LogP contribution in [0.5, 0.6) is 0 Å². The number of hydrogen-bond donors (Lipinski definition) is 0. The van der Waals surface area contributed by atoms with Gasteiger partial charge in [-0.3, -0.25) is 0 Å². The van der Waals surface area contributed by atoms with Gasteiger partial charge < -0.3 is 4.74 Å². The number of halogens is 2. The van der Waals surface area contributed by atoms with Crippen LogP contribution in [0, 0.1) is 0 Å². The standard InChI is InChI=1S/C4H10O.2ClH.Ni/c1-3-5-4-2;;;/h3-4H2,1-2H3;2*1H;. The van der Waals surface area contributed by atoms with E-state index in [1.165, 1.54) is 0 Å². The van der Waals surface area contributed by atoms with Gasteiger partial charge >= 0.3 is 0 Å². The summed E-state index contributed by atoms with van der Waals surface area (Å²) in [5.74, 6) is 0. The van der Waals surface area contributed by atoms with Crippen LogP contribution in [-0.2, 0) is 21.2 Å². The van der Waals surface area contributed by atoms with E-state index in [9.17, 15) is 0 Å². The van der Waals surface area contributed by atoms with Gasteiger partial charge in [0.2, 0.25) is 0 Å². The van der Waals surface area contributed by atoms with Crippen molar-refractivity contribution < 1.29 is 21.2 Å².